The molecular formula is C16H25NO. The molecule has 2 rings (SSSR count). The molecule has 100 valence electrons. The van der Waals surface area contributed by atoms with E-state index >= 15 is 0 Å². The number of benzene rings is 1. The summed E-state index contributed by atoms with van der Waals surface area (Å²) >= 11 is 0. The van der Waals surface area contributed by atoms with Gasteiger partial charge in [-0.25, -0.2) is 0 Å². The molecule has 0 saturated heterocycles. The lowest BCUT2D eigenvalue weighted by molar-refractivity contribution is 0.408. The number of hydrogen-bond acceptors (Lipinski definition) is 2. The molecular weight excluding hydrogens is 222 g/mol. The second-order valence-corrected chi connectivity index (χ2v) is 5.31. The van der Waals surface area contributed by atoms with Crippen LogP contribution in [0.4, 0.5) is 0 Å². The van der Waals surface area contributed by atoms with Gasteiger partial charge in [0.15, 0.2) is 0 Å². The molecule has 2 nitrogen and oxygen atoms in total. The van der Waals surface area contributed by atoms with Crippen LogP contribution in [0.1, 0.15) is 49.7 Å². The summed E-state index contributed by atoms with van der Waals surface area (Å²) in [5.74, 6) is 2.32. The molecule has 0 bridgehead atoms. The molecule has 1 aliphatic carbocycles. The molecule has 2 N–H and O–H groups in total. The van der Waals surface area contributed by atoms with Gasteiger partial charge in [-0.1, -0.05) is 31.9 Å². The lowest BCUT2D eigenvalue weighted by atomic mass is 9.84. The Morgan fingerprint density at radius 2 is 2.06 bits per heavy atom. The first kappa shape index (κ1) is 13.4. The standard InChI is InChI=1S/C16H25NO/c1-3-12-10-14(8-9-16(12)18-2)15(11-17)13-6-4-5-7-13/h8-10,13,15H,3-7,11,17H2,1-2H3. The largest absolute Gasteiger partial charge is 0.496 e. The molecule has 0 spiro atoms. The molecule has 18 heavy (non-hydrogen) atoms. The van der Waals surface area contributed by atoms with Crippen molar-refractivity contribution in [2.24, 2.45) is 11.7 Å². The van der Waals surface area contributed by atoms with Crippen molar-refractivity contribution in [3.8, 4) is 5.75 Å². The van der Waals surface area contributed by atoms with Gasteiger partial charge in [-0.2, -0.15) is 0 Å². The number of aryl methyl sites for hydroxylation is 1. The normalized spacial score (nSPS) is 17.9. The quantitative estimate of drug-likeness (QED) is 0.864. The molecule has 0 amide bonds. The molecule has 0 radical (unpaired) electrons. The fourth-order valence-electron chi connectivity index (χ4n) is 3.27. The summed E-state index contributed by atoms with van der Waals surface area (Å²) in [5, 5.41) is 0. The van der Waals surface area contributed by atoms with Crippen LogP contribution in [-0.4, -0.2) is 13.7 Å². The van der Waals surface area contributed by atoms with Crippen molar-refractivity contribution in [1.82, 2.24) is 0 Å². The van der Waals surface area contributed by atoms with E-state index in [1.54, 1.807) is 7.11 Å². The van der Waals surface area contributed by atoms with Crippen LogP contribution in [0.2, 0.25) is 0 Å². The Kier molecular flexibility index (Phi) is 4.65. The second kappa shape index (κ2) is 6.24. The van der Waals surface area contributed by atoms with Crippen LogP contribution in [0, 0.1) is 5.92 Å². The average molecular weight is 247 g/mol. The van der Waals surface area contributed by atoms with Gasteiger partial charge in [-0.05, 0) is 54.8 Å². The topological polar surface area (TPSA) is 35.2 Å². The van der Waals surface area contributed by atoms with Crippen LogP contribution >= 0.6 is 0 Å². The van der Waals surface area contributed by atoms with Crippen LogP contribution in [0.3, 0.4) is 0 Å². The van der Waals surface area contributed by atoms with E-state index in [-0.39, 0.29) is 0 Å². The predicted molar refractivity (Wildman–Crippen MR) is 76.1 cm³/mol. The monoisotopic (exact) mass is 247 g/mol. The Bertz CT molecular complexity index is 383. The van der Waals surface area contributed by atoms with Crippen molar-refractivity contribution in [2.75, 3.05) is 13.7 Å². The van der Waals surface area contributed by atoms with E-state index in [9.17, 15) is 0 Å². The molecule has 1 saturated carbocycles. The highest BCUT2D eigenvalue weighted by Gasteiger charge is 2.25. The summed E-state index contributed by atoms with van der Waals surface area (Å²) in [6, 6.07) is 6.61. The third kappa shape index (κ3) is 2.69. The summed E-state index contributed by atoms with van der Waals surface area (Å²) in [4.78, 5) is 0. The molecule has 1 aliphatic rings. The molecule has 2 heteroatoms. The summed E-state index contributed by atoms with van der Waals surface area (Å²) < 4.78 is 5.40. The lowest BCUT2D eigenvalue weighted by Gasteiger charge is -2.23. The van der Waals surface area contributed by atoms with Crippen molar-refractivity contribution < 1.29 is 4.74 Å². The zero-order valence-electron chi connectivity index (χ0n) is 11.6. The van der Waals surface area contributed by atoms with Gasteiger partial charge in [0.2, 0.25) is 0 Å². The van der Waals surface area contributed by atoms with Gasteiger partial charge in [0.05, 0.1) is 7.11 Å². The molecule has 0 aliphatic heterocycles. The second-order valence-electron chi connectivity index (χ2n) is 5.31. The van der Waals surface area contributed by atoms with Crippen LogP contribution in [0.25, 0.3) is 0 Å². The van der Waals surface area contributed by atoms with E-state index in [0.29, 0.717) is 5.92 Å². The molecule has 0 heterocycles. The predicted octanol–water partition coefficient (Wildman–Crippen LogP) is 3.49. The van der Waals surface area contributed by atoms with Gasteiger partial charge in [0, 0.05) is 0 Å². The molecule has 1 unspecified atom stereocenters. The van der Waals surface area contributed by atoms with E-state index in [4.69, 9.17) is 10.5 Å². The maximum Gasteiger partial charge on any atom is 0.122 e. The van der Waals surface area contributed by atoms with Crippen LogP contribution in [0.5, 0.6) is 5.75 Å². The van der Waals surface area contributed by atoms with E-state index in [1.807, 2.05) is 0 Å². The van der Waals surface area contributed by atoms with Gasteiger partial charge >= 0.3 is 0 Å². The smallest absolute Gasteiger partial charge is 0.122 e. The summed E-state index contributed by atoms with van der Waals surface area (Å²) in [6.07, 6.45) is 6.44. The van der Waals surface area contributed by atoms with E-state index in [1.165, 1.54) is 36.8 Å². The maximum absolute atomic E-state index is 6.02. The molecule has 0 aromatic heterocycles. The van der Waals surface area contributed by atoms with Gasteiger partial charge in [-0.15, -0.1) is 0 Å². The van der Waals surface area contributed by atoms with Crippen LogP contribution in [-0.2, 0) is 6.42 Å². The highest BCUT2D eigenvalue weighted by molar-refractivity contribution is 5.39. The summed E-state index contributed by atoms with van der Waals surface area (Å²) in [6.45, 7) is 2.94. The Balaban J connectivity index is 2.24. The van der Waals surface area contributed by atoms with Crippen molar-refractivity contribution in [3.63, 3.8) is 0 Å². The highest BCUT2D eigenvalue weighted by atomic mass is 16.5. The fraction of sp³-hybridized carbons (Fsp3) is 0.625. The van der Waals surface area contributed by atoms with Crippen molar-refractivity contribution in [3.05, 3.63) is 29.3 Å². The van der Waals surface area contributed by atoms with Crippen molar-refractivity contribution >= 4 is 0 Å². The Labute approximate surface area is 111 Å². The van der Waals surface area contributed by atoms with Gasteiger partial charge < -0.3 is 10.5 Å². The minimum absolute atomic E-state index is 0.531. The Hall–Kier alpha value is -1.02. The third-order valence-electron chi connectivity index (χ3n) is 4.34. The maximum atomic E-state index is 6.02. The van der Waals surface area contributed by atoms with Crippen LogP contribution < -0.4 is 10.5 Å². The van der Waals surface area contributed by atoms with Gasteiger partial charge in [0.1, 0.15) is 5.75 Å². The summed E-state index contributed by atoms with van der Waals surface area (Å²) in [5.41, 5.74) is 8.72. The Morgan fingerprint density at radius 3 is 2.61 bits per heavy atom. The zero-order valence-corrected chi connectivity index (χ0v) is 11.6. The number of nitrogens with two attached hydrogens (primary N) is 1. The van der Waals surface area contributed by atoms with E-state index in [0.717, 1.165) is 24.6 Å². The molecule has 1 aromatic carbocycles. The lowest BCUT2D eigenvalue weighted by Crippen LogP contribution is -2.20. The average Bonchev–Trinajstić information content (AvgIpc) is 2.93. The zero-order chi connectivity index (χ0) is 13.0. The summed E-state index contributed by atoms with van der Waals surface area (Å²) in [7, 11) is 1.74. The minimum atomic E-state index is 0.531. The number of hydrogen-bond donors (Lipinski definition) is 1. The number of methoxy groups -OCH3 is 1. The van der Waals surface area contributed by atoms with Gasteiger partial charge in [0.25, 0.3) is 0 Å². The van der Waals surface area contributed by atoms with E-state index < -0.39 is 0 Å². The minimum Gasteiger partial charge on any atom is -0.496 e. The first-order valence-corrected chi connectivity index (χ1v) is 7.17. The molecule has 1 aromatic rings. The third-order valence-corrected chi connectivity index (χ3v) is 4.34. The fourth-order valence-corrected chi connectivity index (χ4v) is 3.27. The molecule has 1 atom stereocenters. The molecule has 1 fully saturated rings. The van der Waals surface area contributed by atoms with Crippen molar-refractivity contribution in [2.45, 2.75) is 44.9 Å². The Morgan fingerprint density at radius 1 is 1.33 bits per heavy atom. The SMILES string of the molecule is CCc1cc(C(CN)C2CCCC2)ccc1OC. The number of rotatable bonds is 5. The van der Waals surface area contributed by atoms with Crippen molar-refractivity contribution in [1.29, 1.82) is 0 Å². The van der Waals surface area contributed by atoms with E-state index in [2.05, 4.69) is 25.1 Å². The van der Waals surface area contributed by atoms with Gasteiger partial charge in [-0.3, -0.25) is 0 Å². The number of ether oxygens (including phenoxy) is 1. The van der Waals surface area contributed by atoms with Crippen LogP contribution in [0.15, 0.2) is 18.2 Å². The highest BCUT2D eigenvalue weighted by Crippen LogP contribution is 2.37. The first-order chi connectivity index (χ1) is 8.80. The first-order valence-electron chi connectivity index (χ1n) is 7.17.